The zero-order valence-corrected chi connectivity index (χ0v) is 11.7. The Labute approximate surface area is 117 Å². The van der Waals surface area contributed by atoms with Gasteiger partial charge in [0, 0.05) is 18.3 Å². The van der Waals surface area contributed by atoms with Gasteiger partial charge in [-0.1, -0.05) is 30.1 Å². The fourth-order valence-electron chi connectivity index (χ4n) is 1.63. The summed E-state index contributed by atoms with van der Waals surface area (Å²) in [6.45, 7) is 3.99. The van der Waals surface area contributed by atoms with Gasteiger partial charge in [-0.05, 0) is 31.2 Å². The molecule has 0 bridgehead atoms. The summed E-state index contributed by atoms with van der Waals surface area (Å²) in [5, 5.41) is 8.74. The summed E-state index contributed by atoms with van der Waals surface area (Å²) in [5.74, 6) is 0. The maximum atomic E-state index is 5.99. The van der Waals surface area contributed by atoms with Crippen molar-refractivity contribution in [3.63, 3.8) is 0 Å². The van der Waals surface area contributed by atoms with E-state index in [-0.39, 0.29) is 0 Å². The lowest BCUT2D eigenvalue weighted by atomic mass is 10.3. The van der Waals surface area contributed by atoms with Gasteiger partial charge >= 0.3 is 0 Å². The number of rotatable bonds is 5. The van der Waals surface area contributed by atoms with Gasteiger partial charge in [0.1, 0.15) is 0 Å². The Balaban J connectivity index is 2.11. The molecule has 1 N–H and O–H groups in total. The maximum absolute atomic E-state index is 5.99. The number of nitrogens with zero attached hydrogens (tertiary/aromatic N) is 2. The smallest absolute Gasteiger partial charge is 0.0661 e. The molecule has 0 amide bonds. The molecule has 0 atom stereocenters. The minimum atomic E-state index is 0.537. The lowest BCUT2D eigenvalue weighted by Gasteiger charge is -2.03. The van der Waals surface area contributed by atoms with Gasteiger partial charge in [0.15, 0.2) is 0 Å². The molecule has 0 saturated heterocycles. The highest BCUT2D eigenvalue weighted by Gasteiger charge is 2.03. The molecular weight excluding hydrogens is 269 g/mol. The van der Waals surface area contributed by atoms with Crippen molar-refractivity contribution >= 4 is 23.2 Å². The first-order valence-electron chi connectivity index (χ1n) is 5.90. The predicted octanol–water partition coefficient (Wildman–Crippen LogP) is 3.68. The zero-order chi connectivity index (χ0) is 13.0. The first kappa shape index (κ1) is 13.4. The number of benzene rings is 1. The summed E-state index contributed by atoms with van der Waals surface area (Å²) in [4.78, 5) is 0. The van der Waals surface area contributed by atoms with Crippen LogP contribution >= 0.6 is 23.2 Å². The van der Waals surface area contributed by atoms with Gasteiger partial charge < -0.3 is 5.32 Å². The van der Waals surface area contributed by atoms with Crippen LogP contribution in [0.1, 0.15) is 18.9 Å². The van der Waals surface area contributed by atoms with Crippen molar-refractivity contribution < 1.29 is 0 Å². The second-order valence-electron chi connectivity index (χ2n) is 4.07. The monoisotopic (exact) mass is 283 g/mol. The van der Waals surface area contributed by atoms with Gasteiger partial charge in [0.2, 0.25) is 0 Å². The van der Waals surface area contributed by atoms with Gasteiger partial charge in [0.05, 0.1) is 21.9 Å². The van der Waals surface area contributed by atoms with Crippen molar-refractivity contribution in [2.45, 2.75) is 19.9 Å². The van der Waals surface area contributed by atoms with Crippen LogP contribution in [0.15, 0.2) is 30.6 Å². The van der Waals surface area contributed by atoms with E-state index in [1.807, 2.05) is 18.5 Å². The number of hydrogen-bond donors (Lipinski definition) is 1. The molecule has 0 aliphatic heterocycles. The molecule has 5 heteroatoms. The number of aromatic nitrogens is 2. The number of halogens is 2. The summed E-state index contributed by atoms with van der Waals surface area (Å²) >= 11 is 11.9. The van der Waals surface area contributed by atoms with Crippen molar-refractivity contribution in [2.24, 2.45) is 0 Å². The van der Waals surface area contributed by atoms with E-state index in [0.717, 1.165) is 30.8 Å². The third kappa shape index (κ3) is 3.25. The van der Waals surface area contributed by atoms with Crippen LogP contribution in [0.2, 0.25) is 10.0 Å². The van der Waals surface area contributed by atoms with Crippen molar-refractivity contribution in [3.8, 4) is 5.69 Å². The van der Waals surface area contributed by atoms with Gasteiger partial charge in [-0.15, -0.1) is 0 Å². The molecule has 18 heavy (non-hydrogen) atoms. The second kappa shape index (κ2) is 6.23. The molecular formula is C13H15Cl2N3. The van der Waals surface area contributed by atoms with E-state index in [9.17, 15) is 0 Å². The molecule has 0 radical (unpaired) electrons. The van der Waals surface area contributed by atoms with Crippen LogP contribution in [-0.4, -0.2) is 16.3 Å². The zero-order valence-electron chi connectivity index (χ0n) is 10.2. The summed E-state index contributed by atoms with van der Waals surface area (Å²) in [5.41, 5.74) is 2.06. The summed E-state index contributed by atoms with van der Waals surface area (Å²) in [7, 11) is 0. The standard InChI is InChI=1S/C13H15Cl2N3/c1-2-5-16-7-10-8-17-18(9-10)11-3-4-12(14)13(15)6-11/h3-4,6,8-9,16H,2,5,7H2,1H3. The minimum absolute atomic E-state index is 0.537. The second-order valence-corrected chi connectivity index (χ2v) is 4.88. The Morgan fingerprint density at radius 3 is 2.83 bits per heavy atom. The normalized spacial score (nSPS) is 10.8. The molecule has 1 aromatic carbocycles. The van der Waals surface area contributed by atoms with Crippen molar-refractivity contribution in [1.29, 1.82) is 0 Å². The van der Waals surface area contributed by atoms with E-state index in [2.05, 4.69) is 17.3 Å². The van der Waals surface area contributed by atoms with E-state index in [1.54, 1.807) is 16.8 Å². The molecule has 96 valence electrons. The van der Waals surface area contributed by atoms with E-state index in [1.165, 1.54) is 0 Å². The lowest BCUT2D eigenvalue weighted by molar-refractivity contribution is 0.675. The van der Waals surface area contributed by atoms with Crippen LogP contribution in [-0.2, 0) is 6.54 Å². The highest BCUT2D eigenvalue weighted by Crippen LogP contribution is 2.24. The van der Waals surface area contributed by atoms with Gasteiger partial charge in [0.25, 0.3) is 0 Å². The van der Waals surface area contributed by atoms with E-state index < -0.39 is 0 Å². The fraction of sp³-hybridized carbons (Fsp3) is 0.308. The molecule has 0 fully saturated rings. The van der Waals surface area contributed by atoms with Gasteiger partial charge in [-0.2, -0.15) is 5.10 Å². The summed E-state index contributed by atoms with van der Waals surface area (Å²) < 4.78 is 1.80. The highest BCUT2D eigenvalue weighted by atomic mass is 35.5. The Kier molecular flexibility index (Phi) is 4.64. The molecule has 1 heterocycles. The van der Waals surface area contributed by atoms with E-state index in [4.69, 9.17) is 23.2 Å². The van der Waals surface area contributed by atoms with Crippen LogP contribution < -0.4 is 5.32 Å². The van der Waals surface area contributed by atoms with E-state index in [0.29, 0.717) is 10.0 Å². The lowest BCUT2D eigenvalue weighted by Crippen LogP contribution is -2.13. The van der Waals surface area contributed by atoms with E-state index >= 15 is 0 Å². The molecule has 0 aliphatic carbocycles. The fourth-order valence-corrected chi connectivity index (χ4v) is 1.92. The van der Waals surface area contributed by atoms with Gasteiger partial charge in [-0.25, -0.2) is 4.68 Å². The molecule has 2 rings (SSSR count). The number of hydrogen-bond acceptors (Lipinski definition) is 2. The molecule has 1 aromatic heterocycles. The first-order valence-corrected chi connectivity index (χ1v) is 6.66. The molecule has 2 aromatic rings. The molecule has 0 aliphatic rings. The first-order chi connectivity index (χ1) is 8.70. The summed E-state index contributed by atoms with van der Waals surface area (Å²) in [6.07, 6.45) is 4.97. The quantitative estimate of drug-likeness (QED) is 0.849. The maximum Gasteiger partial charge on any atom is 0.0661 e. The Morgan fingerprint density at radius 2 is 2.11 bits per heavy atom. The van der Waals surface area contributed by atoms with Crippen LogP contribution in [0.25, 0.3) is 5.69 Å². The average Bonchev–Trinajstić information content (AvgIpc) is 2.82. The SMILES string of the molecule is CCCNCc1cnn(-c2ccc(Cl)c(Cl)c2)c1. The minimum Gasteiger partial charge on any atom is -0.313 e. The molecule has 0 unspecified atom stereocenters. The third-order valence-electron chi connectivity index (χ3n) is 2.56. The van der Waals surface area contributed by atoms with Crippen molar-refractivity contribution in [2.75, 3.05) is 6.54 Å². The Hall–Kier alpha value is -1.03. The van der Waals surface area contributed by atoms with Crippen LogP contribution in [0.3, 0.4) is 0 Å². The predicted molar refractivity (Wildman–Crippen MR) is 75.6 cm³/mol. The Morgan fingerprint density at radius 1 is 1.28 bits per heavy atom. The van der Waals surface area contributed by atoms with Crippen LogP contribution in [0, 0.1) is 0 Å². The summed E-state index contributed by atoms with van der Waals surface area (Å²) in [6, 6.07) is 5.47. The third-order valence-corrected chi connectivity index (χ3v) is 3.30. The van der Waals surface area contributed by atoms with Crippen molar-refractivity contribution in [3.05, 3.63) is 46.2 Å². The number of nitrogens with one attached hydrogen (secondary N) is 1. The average molecular weight is 284 g/mol. The molecule has 0 saturated carbocycles. The molecule has 3 nitrogen and oxygen atoms in total. The van der Waals surface area contributed by atoms with Gasteiger partial charge in [-0.3, -0.25) is 0 Å². The molecule has 0 spiro atoms. The topological polar surface area (TPSA) is 29.9 Å². The van der Waals surface area contributed by atoms with Crippen LogP contribution in [0.4, 0.5) is 0 Å². The highest BCUT2D eigenvalue weighted by molar-refractivity contribution is 6.42. The Bertz CT molecular complexity index is 523. The van der Waals surface area contributed by atoms with Crippen LogP contribution in [0.5, 0.6) is 0 Å². The largest absolute Gasteiger partial charge is 0.313 e. The van der Waals surface area contributed by atoms with Crippen molar-refractivity contribution in [1.82, 2.24) is 15.1 Å².